The molecule has 2 saturated carbocycles. The molecule has 0 aromatic rings. The Kier molecular flexibility index (Phi) is 3.71. The standard InChI is InChI=1S/C15H24BrClO/c1-10-7-11(18)8-13(2,3)15(10)6-5-14(4,16)12(17)9-15/h11-12,18H,1,5-9H2,2-4H3. The predicted octanol–water partition coefficient (Wildman–Crippen LogP) is 4.65. The lowest BCUT2D eigenvalue weighted by atomic mass is 9.49. The summed E-state index contributed by atoms with van der Waals surface area (Å²) >= 11 is 10.4. The third kappa shape index (κ3) is 2.19. The third-order valence-corrected chi connectivity index (χ3v) is 7.27. The largest absolute Gasteiger partial charge is 0.393 e. The number of alkyl halides is 2. The summed E-state index contributed by atoms with van der Waals surface area (Å²) in [6, 6.07) is 0. The Morgan fingerprint density at radius 2 is 1.89 bits per heavy atom. The molecule has 0 radical (unpaired) electrons. The average molecular weight is 336 g/mol. The van der Waals surface area contributed by atoms with Crippen LogP contribution in [0.1, 0.15) is 52.9 Å². The summed E-state index contributed by atoms with van der Waals surface area (Å²) in [7, 11) is 0. The van der Waals surface area contributed by atoms with E-state index in [2.05, 4.69) is 43.3 Å². The van der Waals surface area contributed by atoms with E-state index in [9.17, 15) is 5.11 Å². The molecule has 1 nitrogen and oxygen atoms in total. The molecule has 4 atom stereocenters. The van der Waals surface area contributed by atoms with Crippen LogP contribution in [0.5, 0.6) is 0 Å². The highest BCUT2D eigenvalue weighted by Crippen LogP contribution is 2.62. The zero-order valence-corrected chi connectivity index (χ0v) is 13.9. The quantitative estimate of drug-likeness (QED) is 0.504. The van der Waals surface area contributed by atoms with Gasteiger partial charge in [0, 0.05) is 9.70 Å². The van der Waals surface area contributed by atoms with Crippen LogP contribution in [-0.2, 0) is 0 Å². The molecule has 18 heavy (non-hydrogen) atoms. The van der Waals surface area contributed by atoms with Crippen molar-refractivity contribution in [1.29, 1.82) is 0 Å². The molecule has 0 aromatic carbocycles. The van der Waals surface area contributed by atoms with Crippen molar-refractivity contribution >= 4 is 27.5 Å². The van der Waals surface area contributed by atoms with Crippen molar-refractivity contribution in [2.75, 3.05) is 0 Å². The van der Waals surface area contributed by atoms with E-state index in [1.165, 1.54) is 5.57 Å². The minimum absolute atomic E-state index is 0.0340. The van der Waals surface area contributed by atoms with Gasteiger partial charge in [-0.05, 0) is 49.9 Å². The van der Waals surface area contributed by atoms with Crippen molar-refractivity contribution in [2.45, 2.75) is 68.7 Å². The van der Waals surface area contributed by atoms with Gasteiger partial charge in [-0.1, -0.05) is 41.9 Å². The number of hydrogen-bond acceptors (Lipinski definition) is 1. The molecule has 0 saturated heterocycles. The fourth-order valence-corrected chi connectivity index (χ4v) is 4.72. The van der Waals surface area contributed by atoms with E-state index >= 15 is 0 Å². The Hall–Kier alpha value is 0.470. The molecule has 2 rings (SSSR count). The van der Waals surface area contributed by atoms with Crippen molar-refractivity contribution in [3.63, 3.8) is 0 Å². The highest BCUT2D eigenvalue weighted by molar-refractivity contribution is 9.10. The SMILES string of the molecule is C=C1CC(O)CC(C)(C)C12CCC(C)(Br)C(Cl)C2. The lowest BCUT2D eigenvalue weighted by Gasteiger charge is -2.58. The van der Waals surface area contributed by atoms with Crippen LogP contribution in [-0.4, -0.2) is 20.9 Å². The molecule has 0 aromatic heterocycles. The van der Waals surface area contributed by atoms with Crippen molar-refractivity contribution < 1.29 is 5.11 Å². The summed E-state index contributed by atoms with van der Waals surface area (Å²) in [5, 5.41) is 10.1. The van der Waals surface area contributed by atoms with Crippen molar-refractivity contribution in [2.24, 2.45) is 10.8 Å². The highest BCUT2D eigenvalue weighted by atomic mass is 79.9. The Morgan fingerprint density at radius 1 is 1.28 bits per heavy atom. The molecule has 2 aliphatic rings. The minimum Gasteiger partial charge on any atom is -0.393 e. The number of aliphatic hydroxyl groups excluding tert-OH is 1. The summed E-state index contributed by atoms with van der Waals surface area (Å²) in [5.74, 6) is 0. The maximum Gasteiger partial charge on any atom is 0.0582 e. The normalized spacial score (nSPS) is 48.4. The summed E-state index contributed by atoms with van der Waals surface area (Å²) in [6.45, 7) is 11.0. The summed E-state index contributed by atoms with van der Waals surface area (Å²) < 4.78 is 0.0340. The molecular formula is C15H24BrClO. The van der Waals surface area contributed by atoms with Crippen LogP contribution < -0.4 is 0 Å². The van der Waals surface area contributed by atoms with Gasteiger partial charge in [-0.2, -0.15) is 0 Å². The van der Waals surface area contributed by atoms with E-state index in [1.807, 2.05) is 0 Å². The van der Waals surface area contributed by atoms with Gasteiger partial charge in [0.2, 0.25) is 0 Å². The predicted molar refractivity (Wildman–Crippen MR) is 81.4 cm³/mol. The van der Waals surface area contributed by atoms with Crippen LogP contribution in [0.25, 0.3) is 0 Å². The van der Waals surface area contributed by atoms with E-state index < -0.39 is 0 Å². The fourth-order valence-electron chi connectivity index (χ4n) is 3.99. The molecule has 0 aliphatic heterocycles. The Morgan fingerprint density at radius 3 is 2.39 bits per heavy atom. The molecular weight excluding hydrogens is 312 g/mol. The van der Waals surface area contributed by atoms with E-state index in [0.717, 1.165) is 32.1 Å². The van der Waals surface area contributed by atoms with Gasteiger partial charge >= 0.3 is 0 Å². The van der Waals surface area contributed by atoms with Crippen LogP contribution >= 0.6 is 27.5 Å². The Labute approximate surface area is 124 Å². The van der Waals surface area contributed by atoms with Gasteiger partial charge in [-0.15, -0.1) is 11.6 Å². The van der Waals surface area contributed by atoms with E-state index in [4.69, 9.17) is 11.6 Å². The van der Waals surface area contributed by atoms with Crippen molar-refractivity contribution in [3.05, 3.63) is 12.2 Å². The van der Waals surface area contributed by atoms with Crippen molar-refractivity contribution in [1.82, 2.24) is 0 Å². The number of aliphatic hydroxyl groups is 1. The molecule has 4 unspecified atom stereocenters. The molecule has 0 heterocycles. The lowest BCUT2D eigenvalue weighted by molar-refractivity contribution is -0.0272. The smallest absolute Gasteiger partial charge is 0.0582 e. The third-order valence-electron chi connectivity index (χ3n) is 5.42. The van der Waals surface area contributed by atoms with Crippen LogP contribution in [0.3, 0.4) is 0 Å². The van der Waals surface area contributed by atoms with Crippen LogP contribution in [0, 0.1) is 10.8 Å². The average Bonchev–Trinajstić information content (AvgIpc) is 2.19. The van der Waals surface area contributed by atoms with Gasteiger partial charge in [0.05, 0.1) is 6.10 Å². The van der Waals surface area contributed by atoms with Crippen LogP contribution in [0.4, 0.5) is 0 Å². The number of hydrogen-bond donors (Lipinski definition) is 1. The molecule has 2 fully saturated rings. The van der Waals surface area contributed by atoms with Gasteiger partial charge in [0.25, 0.3) is 0 Å². The fraction of sp³-hybridized carbons (Fsp3) is 0.867. The Bertz CT molecular complexity index is 364. The van der Waals surface area contributed by atoms with Gasteiger partial charge in [-0.3, -0.25) is 0 Å². The first-order chi connectivity index (χ1) is 8.11. The monoisotopic (exact) mass is 334 g/mol. The Balaban J connectivity index is 2.33. The van der Waals surface area contributed by atoms with Crippen molar-refractivity contribution in [3.8, 4) is 0 Å². The second-order valence-corrected chi connectivity index (χ2v) is 9.42. The zero-order chi connectivity index (χ0) is 13.8. The number of halogens is 2. The second kappa shape index (κ2) is 4.49. The second-order valence-electron chi connectivity index (χ2n) is 7.08. The minimum atomic E-state index is -0.232. The molecule has 2 aliphatic carbocycles. The molecule has 0 amide bonds. The van der Waals surface area contributed by atoms with Gasteiger partial charge in [0.1, 0.15) is 0 Å². The molecule has 1 spiro atoms. The zero-order valence-electron chi connectivity index (χ0n) is 11.6. The first kappa shape index (κ1) is 14.9. The maximum atomic E-state index is 9.99. The van der Waals surface area contributed by atoms with Crippen LogP contribution in [0.15, 0.2) is 12.2 Å². The summed E-state index contributed by atoms with van der Waals surface area (Å²) in [5.41, 5.74) is 1.39. The topological polar surface area (TPSA) is 20.2 Å². The van der Waals surface area contributed by atoms with Gasteiger partial charge in [0.15, 0.2) is 0 Å². The van der Waals surface area contributed by atoms with E-state index in [0.29, 0.717) is 0 Å². The number of rotatable bonds is 0. The first-order valence-electron chi connectivity index (χ1n) is 6.80. The van der Waals surface area contributed by atoms with Gasteiger partial charge in [-0.25, -0.2) is 0 Å². The molecule has 1 N–H and O–H groups in total. The van der Waals surface area contributed by atoms with Crippen LogP contribution in [0.2, 0.25) is 0 Å². The lowest BCUT2D eigenvalue weighted by Crippen LogP contribution is -2.53. The van der Waals surface area contributed by atoms with E-state index in [-0.39, 0.29) is 26.6 Å². The molecule has 3 heteroatoms. The molecule has 0 bridgehead atoms. The maximum absolute atomic E-state index is 9.99. The highest BCUT2D eigenvalue weighted by Gasteiger charge is 2.56. The summed E-state index contributed by atoms with van der Waals surface area (Å²) in [6.07, 6.45) is 4.52. The molecule has 104 valence electrons. The summed E-state index contributed by atoms with van der Waals surface area (Å²) in [4.78, 5) is 0. The van der Waals surface area contributed by atoms with Gasteiger partial charge < -0.3 is 5.11 Å². The first-order valence-corrected chi connectivity index (χ1v) is 8.03. The van der Waals surface area contributed by atoms with E-state index in [1.54, 1.807) is 0 Å².